The molecule has 0 unspecified atom stereocenters. The molecule has 0 saturated heterocycles. The lowest BCUT2D eigenvalue weighted by atomic mass is 9.79. The molecule has 34 heavy (non-hydrogen) atoms. The number of carboxylic acids is 1. The average molecular weight is 465 g/mol. The highest BCUT2D eigenvalue weighted by Gasteiger charge is 2.31. The Morgan fingerprint density at radius 2 is 1.62 bits per heavy atom. The van der Waals surface area contributed by atoms with Gasteiger partial charge in [0, 0.05) is 24.9 Å². The van der Waals surface area contributed by atoms with Crippen molar-refractivity contribution in [3.63, 3.8) is 0 Å². The summed E-state index contributed by atoms with van der Waals surface area (Å²) < 4.78 is 5.54. The minimum absolute atomic E-state index is 0.0190. The van der Waals surface area contributed by atoms with Crippen molar-refractivity contribution in [3.05, 3.63) is 59.7 Å². The highest BCUT2D eigenvalue weighted by Crippen LogP contribution is 2.44. The van der Waals surface area contributed by atoms with Gasteiger partial charge in [-0.2, -0.15) is 0 Å². The van der Waals surface area contributed by atoms with Gasteiger partial charge < -0.3 is 20.5 Å². The minimum Gasteiger partial charge on any atom is -0.481 e. The van der Waals surface area contributed by atoms with E-state index >= 15 is 0 Å². The Morgan fingerprint density at radius 1 is 1.00 bits per heavy atom. The third-order valence-corrected chi connectivity index (χ3v) is 6.99. The van der Waals surface area contributed by atoms with Crippen LogP contribution in [0.5, 0.6) is 0 Å². The van der Waals surface area contributed by atoms with Crippen molar-refractivity contribution in [2.24, 2.45) is 11.8 Å². The first kappa shape index (κ1) is 23.8. The Kier molecular flexibility index (Phi) is 7.50. The van der Waals surface area contributed by atoms with Crippen molar-refractivity contribution in [1.82, 2.24) is 10.6 Å². The van der Waals surface area contributed by atoms with Gasteiger partial charge in [-0.05, 0) is 47.9 Å². The van der Waals surface area contributed by atoms with Gasteiger partial charge in [-0.15, -0.1) is 0 Å². The van der Waals surface area contributed by atoms with Gasteiger partial charge in [0.05, 0.1) is 5.92 Å². The van der Waals surface area contributed by atoms with Crippen molar-refractivity contribution >= 4 is 18.0 Å². The number of hydrogen-bond donors (Lipinski definition) is 3. The first-order valence-electron chi connectivity index (χ1n) is 12.0. The van der Waals surface area contributed by atoms with Crippen LogP contribution in [-0.2, 0) is 14.3 Å². The molecule has 1 saturated carbocycles. The predicted molar refractivity (Wildman–Crippen MR) is 128 cm³/mol. The number of nitrogens with one attached hydrogen (secondary N) is 2. The summed E-state index contributed by atoms with van der Waals surface area (Å²) in [7, 11) is 0. The van der Waals surface area contributed by atoms with Gasteiger partial charge in [0.15, 0.2) is 0 Å². The number of amides is 2. The lowest BCUT2D eigenvalue weighted by Crippen LogP contribution is -2.41. The van der Waals surface area contributed by atoms with Gasteiger partial charge in [0.25, 0.3) is 0 Å². The van der Waals surface area contributed by atoms with E-state index in [2.05, 4.69) is 34.9 Å². The normalized spacial score (nSPS) is 20.0. The maximum atomic E-state index is 12.4. The van der Waals surface area contributed by atoms with Crippen molar-refractivity contribution < 1.29 is 24.2 Å². The Hall–Kier alpha value is -3.35. The van der Waals surface area contributed by atoms with Gasteiger partial charge in [0.1, 0.15) is 6.61 Å². The van der Waals surface area contributed by atoms with Crippen LogP contribution in [0.3, 0.4) is 0 Å². The zero-order valence-electron chi connectivity index (χ0n) is 19.5. The Morgan fingerprint density at radius 3 is 2.26 bits per heavy atom. The Balaban J connectivity index is 1.24. The van der Waals surface area contributed by atoms with Crippen LogP contribution >= 0.6 is 0 Å². The monoisotopic (exact) mass is 464 g/mol. The number of alkyl carbamates (subject to hydrolysis) is 1. The topological polar surface area (TPSA) is 105 Å². The lowest BCUT2D eigenvalue weighted by Gasteiger charge is -2.28. The van der Waals surface area contributed by atoms with Gasteiger partial charge in [-0.1, -0.05) is 61.4 Å². The van der Waals surface area contributed by atoms with Crippen LogP contribution in [0.4, 0.5) is 4.79 Å². The number of rotatable bonds is 8. The number of hydrogen-bond acceptors (Lipinski definition) is 4. The van der Waals surface area contributed by atoms with Crippen molar-refractivity contribution in [3.8, 4) is 11.1 Å². The van der Waals surface area contributed by atoms with Crippen LogP contribution in [0.25, 0.3) is 11.1 Å². The summed E-state index contributed by atoms with van der Waals surface area (Å²) in [6.07, 6.45) is 2.93. The van der Waals surface area contributed by atoms with E-state index in [1.54, 1.807) is 6.92 Å². The fourth-order valence-electron chi connectivity index (χ4n) is 5.26. The second-order valence-electron chi connectivity index (χ2n) is 9.37. The first-order chi connectivity index (χ1) is 16.4. The number of benzene rings is 2. The minimum atomic E-state index is -0.788. The largest absolute Gasteiger partial charge is 0.481 e. The second-order valence-corrected chi connectivity index (χ2v) is 9.37. The van der Waals surface area contributed by atoms with Gasteiger partial charge in [0.2, 0.25) is 5.91 Å². The molecule has 2 aromatic carbocycles. The molecule has 0 radical (unpaired) electrons. The van der Waals surface area contributed by atoms with Crippen LogP contribution < -0.4 is 10.6 Å². The van der Waals surface area contributed by atoms with E-state index < -0.39 is 24.0 Å². The zero-order chi connectivity index (χ0) is 24.1. The maximum Gasteiger partial charge on any atom is 0.407 e. The summed E-state index contributed by atoms with van der Waals surface area (Å²) in [5, 5.41) is 15.0. The molecule has 2 aliphatic carbocycles. The predicted octanol–water partition coefficient (Wildman–Crippen LogP) is 4.31. The third-order valence-electron chi connectivity index (χ3n) is 6.99. The Labute approximate surface area is 199 Å². The van der Waals surface area contributed by atoms with E-state index in [4.69, 9.17) is 4.74 Å². The van der Waals surface area contributed by atoms with Gasteiger partial charge >= 0.3 is 12.1 Å². The van der Waals surface area contributed by atoms with Crippen LogP contribution in [0.15, 0.2) is 48.5 Å². The van der Waals surface area contributed by atoms with Crippen molar-refractivity contribution in [2.45, 2.75) is 51.0 Å². The number of carbonyl (C=O) groups is 3. The van der Waals surface area contributed by atoms with E-state index in [1.807, 2.05) is 24.3 Å². The smallest absolute Gasteiger partial charge is 0.407 e. The van der Waals surface area contributed by atoms with Gasteiger partial charge in [-0.3, -0.25) is 9.59 Å². The number of fused-ring (bicyclic) bond motifs is 3. The summed E-state index contributed by atoms with van der Waals surface area (Å²) in [6.45, 7) is 2.33. The summed E-state index contributed by atoms with van der Waals surface area (Å²) >= 11 is 0. The fourth-order valence-corrected chi connectivity index (χ4v) is 5.26. The van der Waals surface area contributed by atoms with Crippen LogP contribution in [0.1, 0.15) is 56.1 Å². The second kappa shape index (κ2) is 10.7. The fraction of sp³-hybridized carbons (Fsp3) is 0.444. The summed E-state index contributed by atoms with van der Waals surface area (Å²) in [5.41, 5.74) is 4.62. The molecule has 2 amide bonds. The van der Waals surface area contributed by atoms with E-state index in [-0.39, 0.29) is 30.8 Å². The van der Waals surface area contributed by atoms with E-state index in [0.717, 1.165) is 30.4 Å². The third kappa shape index (κ3) is 5.41. The molecule has 3 atom stereocenters. The molecule has 180 valence electrons. The van der Waals surface area contributed by atoms with Crippen LogP contribution in [0.2, 0.25) is 0 Å². The quantitative estimate of drug-likeness (QED) is 0.540. The van der Waals surface area contributed by atoms with Crippen molar-refractivity contribution in [1.29, 1.82) is 0 Å². The number of aliphatic carboxylic acids is 1. The SMILES string of the molecule is C[C@@H](CC(=O)NC[C@@H]1CCCC[C@@H]1C(=O)O)NC(=O)OCC1c2ccccc2-c2ccccc21. The molecular formula is C27H32N2O5. The zero-order valence-corrected chi connectivity index (χ0v) is 19.5. The molecule has 4 rings (SSSR count). The highest BCUT2D eigenvalue weighted by atomic mass is 16.5. The van der Waals surface area contributed by atoms with E-state index in [9.17, 15) is 19.5 Å². The number of carboxylic acid groups (broad SMARTS) is 1. The molecule has 7 nitrogen and oxygen atoms in total. The van der Waals surface area contributed by atoms with Crippen LogP contribution in [0, 0.1) is 11.8 Å². The summed E-state index contributed by atoms with van der Waals surface area (Å²) in [5.74, 6) is -1.45. The Bertz CT molecular complexity index is 1010. The molecule has 1 fully saturated rings. The molecule has 0 aliphatic heterocycles. The molecular weight excluding hydrogens is 432 g/mol. The van der Waals surface area contributed by atoms with Crippen LogP contribution in [-0.4, -0.2) is 42.3 Å². The lowest BCUT2D eigenvalue weighted by molar-refractivity contribution is -0.145. The molecule has 3 N–H and O–H groups in total. The highest BCUT2D eigenvalue weighted by molar-refractivity contribution is 5.79. The number of carbonyl (C=O) groups excluding carboxylic acids is 2. The molecule has 0 aromatic heterocycles. The molecule has 0 bridgehead atoms. The molecule has 2 aliphatic rings. The average Bonchev–Trinajstić information content (AvgIpc) is 3.15. The van der Waals surface area contributed by atoms with E-state index in [1.165, 1.54) is 11.1 Å². The summed E-state index contributed by atoms with van der Waals surface area (Å²) in [4.78, 5) is 36.2. The number of ether oxygens (including phenoxy) is 1. The maximum absolute atomic E-state index is 12.4. The molecule has 0 spiro atoms. The standard InChI is InChI=1S/C27H32N2O5/c1-17(14-25(30)28-15-18-8-2-3-9-19(18)26(31)32)29-27(33)34-16-24-22-12-6-4-10-20(22)21-11-5-7-13-23(21)24/h4-7,10-13,17-19,24H,2-3,8-9,14-16H2,1H3,(H,28,30)(H,29,33)(H,31,32)/t17-,18-,19-/m0/s1. The van der Waals surface area contributed by atoms with Gasteiger partial charge in [-0.25, -0.2) is 4.79 Å². The van der Waals surface area contributed by atoms with E-state index in [0.29, 0.717) is 13.0 Å². The van der Waals surface area contributed by atoms with Crippen molar-refractivity contribution in [2.75, 3.05) is 13.2 Å². The molecule has 7 heteroatoms. The molecule has 2 aromatic rings. The molecule has 0 heterocycles. The summed E-state index contributed by atoms with van der Waals surface area (Å²) in [6, 6.07) is 15.9. The first-order valence-corrected chi connectivity index (χ1v) is 12.0.